The Bertz CT molecular complexity index is 468. The molecule has 1 aromatic heterocycles. The van der Waals surface area contributed by atoms with Crippen molar-refractivity contribution in [3.8, 4) is 0 Å². The Balaban J connectivity index is 1.63. The molecule has 118 valence electrons. The SMILES string of the molecule is CN=C(NCCCc1nc(C)no1)NCC1(C)CCCS1. The Morgan fingerprint density at radius 1 is 1.48 bits per heavy atom. The second kappa shape index (κ2) is 7.68. The molecule has 0 spiro atoms. The van der Waals surface area contributed by atoms with Crippen molar-refractivity contribution in [1.82, 2.24) is 20.8 Å². The summed E-state index contributed by atoms with van der Waals surface area (Å²) in [5, 5.41) is 10.5. The summed E-state index contributed by atoms with van der Waals surface area (Å²) in [6.07, 6.45) is 4.32. The van der Waals surface area contributed by atoms with E-state index >= 15 is 0 Å². The van der Waals surface area contributed by atoms with Gasteiger partial charge in [0.25, 0.3) is 0 Å². The van der Waals surface area contributed by atoms with E-state index in [0.717, 1.165) is 31.9 Å². The maximum absolute atomic E-state index is 5.09. The lowest BCUT2D eigenvalue weighted by molar-refractivity contribution is 0.372. The summed E-state index contributed by atoms with van der Waals surface area (Å²) >= 11 is 2.05. The predicted molar refractivity (Wildman–Crippen MR) is 86.8 cm³/mol. The molecule has 21 heavy (non-hydrogen) atoms. The van der Waals surface area contributed by atoms with E-state index in [9.17, 15) is 0 Å². The summed E-state index contributed by atoms with van der Waals surface area (Å²) in [4.78, 5) is 8.45. The molecule has 2 rings (SSSR count). The first kappa shape index (κ1) is 16.1. The van der Waals surface area contributed by atoms with Crippen molar-refractivity contribution in [2.24, 2.45) is 4.99 Å². The molecule has 0 bridgehead atoms. The van der Waals surface area contributed by atoms with Crippen LogP contribution < -0.4 is 10.6 Å². The molecule has 0 aliphatic carbocycles. The molecule has 1 unspecified atom stereocenters. The summed E-state index contributed by atoms with van der Waals surface area (Å²) in [5.41, 5.74) is 0. The minimum absolute atomic E-state index is 0.346. The molecule has 0 amide bonds. The number of rotatable bonds is 6. The Hall–Kier alpha value is -1.24. The van der Waals surface area contributed by atoms with Gasteiger partial charge >= 0.3 is 0 Å². The lowest BCUT2D eigenvalue weighted by atomic mass is 10.1. The van der Waals surface area contributed by atoms with Crippen LogP contribution >= 0.6 is 11.8 Å². The second-order valence-electron chi connectivity index (χ2n) is 5.59. The van der Waals surface area contributed by atoms with Crippen LogP contribution in [0.4, 0.5) is 0 Å². The van der Waals surface area contributed by atoms with Gasteiger partial charge in [-0.05, 0) is 38.9 Å². The number of aliphatic imine (C=N–C) groups is 1. The van der Waals surface area contributed by atoms with Gasteiger partial charge in [-0.15, -0.1) is 0 Å². The summed E-state index contributed by atoms with van der Waals surface area (Å²) in [6, 6.07) is 0. The molecule has 1 aromatic rings. The first-order valence-electron chi connectivity index (χ1n) is 7.49. The highest BCUT2D eigenvalue weighted by Gasteiger charge is 2.29. The van der Waals surface area contributed by atoms with Gasteiger partial charge in [0.05, 0.1) is 0 Å². The van der Waals surface area contributed by atoms with Gasteiger partial charge < -0.3 is 15.2 Å². The number of hydrogen-bond donors (Lipinski definition) is 2. The van der Waals surface area contributed by atoms with E-state index in [1.807, 2.05) is 6.92 Å². The molecule has 0 aromatic carbocycles. The normalized spacial score (nSPS) is 22.5. The number of aryl methyl sites for hydroxylation is 2. The molecule has 6 nitrogen and oxygen atoms in total. The van der Waals surface area contributed by atoms with E-state index < -0.39 is 0 Å². The molecule has 1 fully saturated rings. The third kappa shape index (κ3) is 5.22. The molecule has 0 saturated carbocycles. The van der Waals surface area contributed by atoms with Gasteiger partial charge in [0.1, 0.15) is 0 Å². The largest absolute Gasteiger partial charge is 0.356 e. The topological polar surface area (TPSA) is 75.3 Å². The standard InChI is InChI=1S/C14H25N5OS/c1-11-18-12(20-19-11)6-4-8-16-13(15-3)17-10-14(2)7-5-9-21-14/h4-10H2,1-3H3,(H2,15,16,17). The van der Waals surface area contributed by atoms with Crippen molar-refractivity contribution >= 4 is 17.7 Å². The maximum Gasteiger partial charge on any atom is 0.226 e. The highest BCUT2D eigenvalue weighted by atomic mass is 32.2. The van der Waals surface area contributed by atoms with E-state index in [4.69, 9.17) is 4.52 Å². The van der Waals surface area contributed by atoms with Crippen molar-refractivity contribution in [3.63, 3.8) is 0 Å². The van der Waals surface area contributed by atoms with Crippen LogP contribution in [0.3, 0.4) is 0 Å². The Morgan fingerprint density at radius 2 is 2.33 bits per heavy atom. The van der Waals surface area contributed by atoms with Crippen molar-refractivity contribution < 1.29 is 4.52 Å². The smallest absolute Gasteiger partial charge is 0.226 e. The van der Waals surface area contributed by atoms with Gasteiger partial charge in [0.2, 0.25) is 5.89 Å². The minimum atomic E-state index is 0.346. The lowest BCUT2D eigenvalue weighted by Gasteiger charge is -2.24. The summed E-state index contributed by atoms with van der Waals surface area (Å²) in [5.74, 6) is 3.53. The monoisotopic (exact) mass is 311 g/mol. The summed E-state index contributed by atoms with van der Waals surface area (Å²) in [6.45, 7) is 5.95. The van der Waals surface area contributed by atoms with Crippen LogP contribution in [0.15, 0.2) is 9.52 Å². The zero-order valence-corrected chi connectivity index (χ0v) is 13.9. The number of thioether (sulfide) groups is 1. The van der Waals surface area contributed by atoms with E-state index in [2.05, 4.69) is 44.5 Å². The van der Waals surface area contributed by atoms with Gasteiger partial charge in [-0.2, -0.15) is 16.7 Å². The molecular weight excluding hydrogens is 286 g/mol. The van der Waals surface area contributed by atoms with Gasteiger partial charge in [0, 0.05) is 31.3 Å². The third-order valence-corrected chi connectivity index (χ3v) is 5.12. The Morgan fingerprint density at radius 3 is 2.95 bits per heavy atom. The fourth-order valence-electron chi connectivity index (χ4n) is 2.36. The molecule has 1 aliphatic rings. The highest BCUT2D eigenvalue weighted by Crippen LogP contribution is 2.36. The number of hydrogen-bond acceptors (Lipinski definition) is 5. The van der Waals surface area contributed by atoms with Gasteiger partial charge in [0.15, 0.2) is 11.8 Å². The average Bonchev–Trinajstić information content (AvgIpc) is 3.07. The first-order valence-corrected chi connectivity index (χ1v) is 8.47. The van der Waals surface area contributed by atoms with Crippen molar-refractivity contribution in [3.05, 3.63) is 11.7 Å². The fourth-order valence-corrected chi connectivity index (χ4v) is 3.60. The van der Waals surface area contributed by atoms with Crippen LogP contribution in [-0.2, 0) is 6.42 Å². The van der Waals surface area contributed by atoms with E-state index in [1.54, 1.807) is 7.05 Å². The number of guanidine groups is 1. The fraction of sp³-hybridized carbons (Fsp3) is 0.786. The zero-order valence-electron chi connectivity index (χ0n) is 13.1. The molecule has 1 atom stereocenters. The molecule has 0 radical (unpaired) electrons. The lowest BCUT2D eigenvalue weighted by Crippen LogP contribution is -2.43. The van der Waals surface area contributed by atoms with Crippen molar-refractivity contribution in [1.29, 1.82) is 0 Å². The number of nitrogens with one attached hydrogen (secondary N) is 2. The Kier molecular flexibility index (Phi) is 5.90. The van der Waals surface area contributed by atoms with Crippen molar-refractivity contribution in [2.75, 3.05) is 25.9 Å². The quantitative estimate of drug-likeness (QED) is 0.474. The molecule has 1 aliphatic heterocycles. The van der Waals surface area contributed by atoms with Gasteiger partial charge in [-0.1, -0.05) is 5.16 Å². The Labute approximate surface area is 130 Å². The average molecular weight is 311 g/mol. The van der Waals surface area contributed by atoms with Crippen LogP contribution in [0.25, 0.3) is 0 Å². The maximum atomic E-state index is 5.09. The summed E-state index contributed by atoms with van der Waals surface area (Å²) in [7, 11) is 1.81. The van der Waals surface area contributed by atoms with Crippen LogP contribution in [-0.4, -0.2) is 46.7 Å². The molecular formula is C14H25N5OS. The predicted octanol–water partition coefficient (Wildman–Crippen LogP) is 1.76. The zero-order chi connectivity index (χ0) is 15.1. The third-order valence-electron chi connectivity index (χ3n) is 3.58. The van der Waals surface area contributed by atoms with Gasteiger partial charge in [-0.3, -0.25) is 4.99 Å². The number of aromatic nitrogens is 2. The van der Waals surface area contributed by atoms with Crippen LogP contribution in [0.2, 0.25) is 0 Å². The molecule has 1 saturated heterocycles. The number of nitrogens with zero attached hydrogens (tertiary/aromatic N) is 3. The first-order chi connectivity index (χ1) is 10.1. The summed E-state index contributed by atoms with van der Waals surface area (Å²) < 4.78 is 5.43. The van der Waals surface area contributed by atoms with Crippen molar-refractivity contribution in [2.45, 2.75) is 44.3 Å². The van der Waals surface area contributed by atoms with Crippen LogP contribution in [0.5, 0.6) is 0 Å². The molecule has 7 heteroatoms. The van der Waals surface area contributed by atoms with Crippen LogP contribution in [0, 0.1) is 6.92 Å². The van der Waals surface area contributed by atoms with E-state index in [0.29, 0.717) is 16.5 Å². The minimum Gasteiger partial charge on any atom is -0.356 e. The van der Waals surface area contributed by atoms with E-state index in [-0.39, 0.29) is 0 Å². The van der Waals surface area contributed by atoms with Crippen LogP contribution in [0.1, 0.15) is 37.9 Å². The second-order valence-corrected chi connectivity index (χ2v) is 7.28. The molecule has 2 heterocycles. The highest BCUT2D eigenvalue weighted by molar-refractivity contribution is 8.00. The molecule has 2 N–H and O–H groups in total. The van der Waals surface area contributed by atoms with E-state index in [1.165, 1.54) is 18.6 Å². The van der Waals surface area contributed by atoms with Gasteiger partial charge in [-0.25, -0.2) is 0 Å².